The maximum atomic E-state index is 6.72. The van der Waals surface area contributed by atoms with Crippen LogP contribution in [0.15, 0.2) is 53.4 Å². The number of anilines is 1. The molecule has 2 bridgehead atoms. The third-order valence-corrected chi connectivity index (χ3v) is 6.77. The van der Waals surface area contributed by atoms with Crippen molar-refractivity contribution >= 4 is 34.8 Å². The van der Waals surface area contributed by atoms with Gasteiger partial charge in [-0.3, -0.25) is 4.90 Å². The third-order valence-electron chi connectivity index (χ3n) is 5.74. The Kier molecular flexibility index (Phi) is 3.51. The van der Waals surface area contributed by atoms with Gasteiger partial charge < -0.3 is 10.1 Å². The average Bonchev–Trinajstić information content (AvgIpc) is 3.06. The lowest BCUT2D eigenvalue weighted by Gasteiger charge is -2.56. The monoisotopic (exact) mass is 368 g/mol. The third kappa shape index (κ3) is 2.15. The quantitative estimate of drug-likeness (QED) is 0.610. The van der Waals surface area contributed by atoms with Gasteiger partial charge in [0, 0.05) is 28.5 Å². The van der Waals surface area contributed by atoms with Crippen molar-refractivity contribution in [3.63, 3.8) is 0 Å². The van der Waals surface area contributed by atoms with Crippen molar-refractivity contribution in [3.8, 4) is 5.75 Å². The van der Waals surface area contributed by atoms with Crippen LogP contribution in [0.1, 0.15) is 30.9 Å². The summed E-state index contributed by atoms with van der Waals surface area (Å²) in [6.45, 7) is 0. The van der Waals surface area contributed by atoms with Crippen LogP contribution >= 0.6 is 24.0 Å². The van der Waals surface area contributed by atoms with Gasteiger partial charge in [-0.15, -0.1) is 11.8 Å². The molecule has 2 aromatic carbocycles. The summed E-state index contributed by atoms with van der Waals surface area (Å²) in [5.74, 6) is 1.40. The van der Waals surface area contributed by atoms with E-state index in [9.17, 15) is 0 Å². The minimum absolute atomic E-state index is 0.250. The molecule has 2 aromatic rings. The Balaban J connectivity index is 1.68. The number of nitrogens with one attached hydrogen (secondary N) is 1. The Morgan fingerprint density at radius 2 is 2.12 bits per heavy atom. The van der Waals surface area contributed by atoms with Gasteiger partial charge in [0.05, 0.1) is 6.04 Å². The van der Waals surface area contributed by atoms with Crippen LogP contribution in [0.4, 0.5) is 5.69 Å². The first-order valence-electron chi connectivity index (χ1n) is 8.76. The Bertz CT molecular complexity index is 855. The summed E-state index contributed by atoms with van der Waals surface area (Å²) in [6.07, 6.45) is 5.44. The van der Waals surface area contributed by atoms with Gasteiger partial charge in [-0.25, -0.2) is 0 Å². The molecule has 0 radical (unpaired) electrons. The number of thioether (sulfide) groups is 1. The summed E-state index contributed by atoms with van der Waals surface area (Å²) in [7, 11) is 0. The number of rotatable bonds is 2. The van der Waals surface area contributed by atoms with Gasteiger partial charge in [-0.1, -0.05) is 24.3 Å². The maximum Gasteiger partial charge on any atom is 0.194 e. The zero-order valence-electron chi connectivity index (χ0n) is 14.1. The molecule has 5 heteroatoms. The number of benzene rings is 2. The Morgan fingerprint density at radius 3 is 3.00 bits per heavy atom. The van der Waals surface area contributed by atoms with Crippen molar-refractivity contribution in [2.24, 2.45) is 5.92 Å². The number of para-hydroxylation sites is 1. The Labute approximate surface area is 157 Å². The first-order valence-corrected chi connectivity index (χ1v) is 10.4. The van der Waals surface area contributed by atoms with Crippen LogP contribution in [0.5, 0.6) is 5.75 Å². The summed E-state index contributed by atoms with van der Waals surface area (Å²) in [5, 5.41) is 4.40. The van der Waals surface area contributed by atoms with E-state index in [1.165, 1.54) is 10.5 Å². The number of fused-ring (bicyclic) bond motifs is 2. The fourth-order valence-electron chi connectivity index (χ4n) is 4.73. The first kappa shape index (κ1) is 15.5. The molecule has 3 atom stereocenters. The highest BCUT2D eigenvalue weighted by molar-refractivity contribution is 7.98. The normalized spacial score (nSPS) is 29.5. The zero-order chi connectivity index (χ0) is 17.0. The van der Waals surface area contributed by atoms with E-state index in [0.29, 0.717) is 5.92 Å². The predicted molar refractivity (Wildman–Crippen MR) is 106 cm³/mol. The number of hydrogen-bond acceptors (Lipinski definition) is 3. The standard InChI is InChI=1S/C20H20N2OS2/c1-25-14-7-4-6-13(12-14)22-19(24)21-18-15-8-2-3-10-17(15)23-20(22)11-5-9-16(18)20/h2-4,6-8,10,12,16,18H,5,9,11H2,1H3,(H,21,24)/t16-,18-,20+/m0/s1. The molecule has 3 aliphatic rings. The number of thiocarbonyl (C=S) groups is 1. The topological polar surface area (TPSA) is 24.5 Å². The van der Waals surface area contributed by atoms with E-state index < -0.39 is 0 Å². The molecular weight excluding hydrogens is 348 g/mol. The lowest BCUT2D eigenvalue weighted by molar-refractivity contribution is -0.00507. The van der Waals surface area contributed by atoms with Crippen LogP contribution in [0.25, 0.3) is 0 Å². The second-order valence-corrected chi connectivity index (χ2v) is 8.21. The van der Waals surface area contributed by atoms with Crippen molar-refractivity contribution in [2.45, 2.75) is 35.9 Å². The van der Waals surface area contributed by atoms with E-state index in [-0.39, 0.29) is 11.8 Å². The molecule has 5 rings (SSSR count). The summed E-state index contributed by atoms with van der Waals surface area (Å²) in [6, 6.07) is 17.2. The average molecular weight is 369 g/mol. The van der Waals surface area contributed by atoms with E-state index in [4.69, 9.17) is 17.0 Å². The van der Waals surface area contributed by atoms with Crippen molar-refractivity contribution in [2.75, 3.05) is 11.2 Å². The molecule has 2 heterocycles. The SMILES string of the molecule is CSc1cccc(N2C(=S)N[C@H]3c4ccccc4O[C@@]24CCC[C@@H]34)c1. The summed E-state index contributed by atoms with van der Waals surface area (Å²) >= 11 is 7.57. The molecule has 25 heavy (non-hydrogen) atoms. The van der Waals surface area contributed by atoms with Crippen molar-refractivity contribution in [1.82, 2.24) is 5.32 Å². The van der Waals surface area contributed by atoms with Crippen molar-refractivity contribution in [3.05, 3.63) is 54.1 Å². The minimum atomic E-state index is -0.363. The number of hydrogen-bond donors (Lipinski definition) is 1. The number of ether oxygens (including phenoxy) is 1. The predicted octanol–water partition coefficient (Wildman–Crippen LogP) is 4.73. The largest absolute Gasteiger partial charge is 0.467 e. The second kappa shape index (κ2) is 5.64. The van der Waals surface area contributed by atoms with E-state index in [0.717, 1.165) is 35.8 Å². The molecule has 0 unspecified atom stereocenters. The molecule has 1 N–H and O–H groups in total. The Hall–Kier alpha value is -1.72. The molecule has 3 nitrogen and oxygen atoms in total. The van der Waals surface area contributed by atoms with Gasteiger partial charge in [0.2, 0.25) is 0 Å². The van der Waals surface area contributed by atoms with Gasteiger partial charge in [-0.2, -0.15) is 0 Å². The lowest BCUT2D eigenvalue weighted by atomic mass is 9.80. The molecule has 1 saturated heterocycles. The molecule has 2 aliphatic heterocycles. The highest BCUT2D eigenvalue weighted by Crippen LogP contribution is 2.56. The Morgan fingerprint density at radius 1 is 1.24 bits per heavy atom. The smallest absolute Gasteiger partial charge is 0.194 e. The minimum Gasteiger partial charge on any atom is -0.467 e. The van der Waals surface area contributed by atoms with E-state index in [1.54, 1.807) is 11.8 Å². The van der Waals surface area contributed by atoms with Crippen LogP contribution in [0.3, 0.4) is 0 Å². The molecule has 128 valence electrons. The van der Waals surface area contributed by atoms with Crippen LogP contribution in [-0.4, -0.2) is 17.1 Å². The number of nitrogens with zero attached hydrogens (tertiary/aromatic N) is 1. The van der Waals surface area contributed by atoms with Gasteiger partial charge in [0.1, 0.15) is 5.75 Å². The molecular formula is C20H20N2OS2. The van der Waals surface area contributed by atoms with Gasteiger partial charge in [0.25, 0.3) is 0 Å². The molecule has 0 spiro atoms. The second-order valence-electron chi connectivity index (χ2n) is 6.95. The van der Waals surface area contributed by atoms with Crippen molar-refractivity contribution < 1.29 is 4.74 Å². The van der Waals surface area contributed by atoms with Gasteiger partial charge in [0.15, 0.2) is 10.8 Å². The van der Waals surface area contributed by atoms with Gasteiger partial charge >= 0.3 is 0 Å². The summed E-state index contributed by atoms with van der Waals surface area (Å²) < 4.78 is 6.72. The fraction of sp³-hybridized carbons (Fsp3) is 0.350. The summed E-state index contributed by atoms with van der Waals surface area (Å²) in [5.41, 5.74) is 2.00. The van der Waals surface area contributed by atoms with Gasteiger partial charge in [-0.05, 0) is 55.6 Å². The molecule has 1 aliphatic carbocycles. The van der Waals surface area contributed by atoms with Crippen LogP contribution in [0.2, 0.25) is 0 Å². The zero-order valence-corrected chi connectivity index (χ0v) is 15.7. The van der Waals surface area contributed by atoms with E-state index >= 15 is 0 Å². The molecule has 0 aromatic heterocycles. The maximum absolute atomic E-state index is 6.72. The molecule has 1 saturated carbocycles. The fourth-order valence-corrected chi connectivity index (χ4v) is 5.57. The highest BCUT2D eigenvalue weighted by Gasteiger charge is 2.60. The lowest BCUT2D eigenvalue weighted by Crippen LogP contribution is -2.69. The van der Waals surface area contributed by atoms with E-state index in [2.05, 4.69) is 65.0 Å². The van der Waals surface area contributed by atoms with Crippen LogP contribution < -0.4 is 15.0 Å². The molecule has 0 amide bonds. The highest BCUT2D eigenvalue weighted by atomic mass is 32.2. The molecule has 2 fully saturated rings. The van der Waals surface area contributed by atoms with E-state index in [1.807, 2.05) is 0 Å². The van der Waals surface area contributed by atoms with Crippen LogP contribution in [-0.2, 0) is 0 Å². The van der Waals surface area contributed by atoms with Crippen molar-refractivity contribution in [1.29, 1.82) is 0 Å². The first-order chi connectivity index (χ1) is 12.2. The van der Waals surface area contributed by atoms with Crippen LogP contribution in [0, 0.1) is 5.92 Å². The summed E-state index contributed by atoms with van der Waals surface area (Å²) in [4.78, 5) is 3.48.